The lowest BCUT2D eigenvalue weighted by Gasteiger charge is -2.42. The van der Waals surface area contributed by atoms with Crippen LogP contribution in [0.5, 0.6) is 5.75 Å². The maximum Gasteiger partial charge on any atom is 0.264 e. The van der Waals surface area contributed by atoms with Gasteiger partial charge in [0.25, 0.3) is 5.91 Å². The summed E-state index contributed by atoms with van der Waals surface area (Å²) in [4.78, 5) is 15.4. The summed E-state index contributed by atoms with van der Waals surface area (Å²) in [6.07, 6.45) is 8.40. The van der Waals surface area contributed by atoms with Crippen molar-refractivity contribution in [2.75, 3.05) is 23.7 Å². The number of carbonyl (C=O) groups is 1. The number of nitrogens with zero attached hydrogens (tertiary/aromatic N) is 1. The van der Waals surface area contributed by atoms with Crippen molar-refractivity contribution in [1.29, 1.82) is 0 Å². The van der Waals surface area contributed by atoms with Gasteiger partial charge in [0.15, 0.2) is 0 Å². The normalized spacial score (nSPS) is 28.4. The first-order chi connectivity index (χ1) is 18.7. The lowest BCUT2D eigenvalue weighted by molar-refractivity contribution is 0.0461. The van der Waals surface area contributed by atoms with E-state index < -0.39 is 22.0 Å². The van der Waals surface area contributed by atoms with Gasteiger partial charge < -0.3 is 14.7 Å². The molecule has 0 aromatic heterocycles. The van der Waals surface area contributed by atoms with Crippen molar-refractivity contribution in [2.45, 2.75) is 58.2 Å². The standard InChI is InChI=1S/C30H37ClN2O5S/c1-20-5-4-7-28(34)26-12-9-23(26)17-33-14-3-2-6-21-15-25(31)11-8-24(21)18-38-29-13-10-22(16-27(29)33)30(35)32-39(36,37)19-20/h4,7-8,10-11,13,15-16,20,23,26,28,34H,2-3,5-6,9,12,14,17-19H2,1H3,(H,32,35)/b7-4-/t20-,23+,26-,28-/m1/s1. The first kappa shape index (κ1) is 28.0. The van der Waals surface area contributed by atoms with E-state index in [1.165, 1.54) is 5.56 Å². The van der Waals surface area contributed by atoms with Crippen molar-refractivity contribution >= 4 is 33.2 Å². The number of hydrogen-bond acceptors (Lipinski definition) is 6. The van der Waals surface area contributed by atoms with E-state index in [4.69, 9.17) is 16.3 Å². The van der Waals surface area contributed by atoms with Gasteiger partial charge in [0.05, 0.1) is 17.5 Å². The molecule has 9 heteroatoms. The first-order valence-corrected chi connectivity index (χ1v) is 15.9. The number of rotatable bonds is 0. The van der Waals surface area contributed by atoms with Crippen molar-refractivity contribution in [1.82, 2.24) is 4.72 Å². The number of aliphatic hydroxyl groups is 1. The molecule has 2 heterocycles. The van der Waals surface area contributed by atoms with E-state index in [0.717, 1.165) is 56.4 Å². The van der Waals surface area contributed by atoms with Crippen LogP contribution < -0.4 is 14.4 Å². The molecule has 1 amide bonds. The van der Waals surface area contributed by atoms with Crippen LogP contribution in [0.15, 0.2) is 48.6 Å². The second kappa shape index (κ2) is 11.9. The van der Waals surface area contributed by atoms with E-state index >= 15 is 0 Å². The Morgan fingerprint density at radius 3 is 2.74 bits per heavy atom. The number of hydrogen-bond donors (Lipinski definition) is 2. The molecule has 7 nitrogen and oxygen atoms in total. The van der Waals surface area contributed by atoms with Gasteiger partial charge in [-0.3, -0.25) is 4.79 Å². The zero-order chi connectivity index (χ0) is 27.6. The van der Waals surface area contributed by atoms with Crippen molar-refractivity contribution in [3.05, 3.63) is 70.3 Å². The number of amides is 1. The van der Waals surface area contributed by atoms with E-state index in [9.17, 15) is 18.3 Å². The van der Waals surface area contributed by atoms with Crippen LogP contribution in [0.1, 0.15) is 60.5 Å². The smallest absolute Gasteiger partial charge is 0.264 e. The highest BCUT2D eigenvalue weighted by Crippen LogP contribution is 2.41. The summed E-state index contributed by atoms with van der Waals surface area (Å²) in [5.41, 5.74) is 3.29. The molecule has 0 radical (unpaired) electrons. The lowest BCUT2D eigenvalue weighted by Crippen LogP contribution is -2.43. The Morgan fingerprint density at radius 1 is 1.10 bits per heavy atom. The molecule has 39 heavy (non-hydrogen) atoms. The van der Waals surface area contributed by atoms with Gasteiger partial charge >= 0.3 is 0 Å². The monoisotopic (exact) mass is 572 g/mol. The van der Waals surface area contributed by atoms with Crippen molar-refractivity contribution < 1.29 is 23.1 Å². The zero-order valence-electron chi connectivity index (χ0n) is 22.3. The topological polar surface area (TPSA) is 95.9 Å². The van der Waals surface area contributed by atoms with Crippen LogP contribution in [-0.4, -0.2) is 44.4 Å². The minimum atomic E-state index is -3.83. The number of aryl methyl sites for hydroxylation is 1. The van der Waals surface area contributed by atoms with Gasteiger partial charge in [-0.25, -0.2) is 13.1 Å². The highest BCUT2D eigenvalue weighted by atomic mass is 35.5. The molecule has 1 fully saturated rings. The van der Waals surface area contributed by atoms with Crippen molar-refractivity contribution in [3.8, 4) is 5.75 Å². The van der Waals surface area contributed by atoms with Gasteiger partial charge in [0.2, 0.25) is 10.0 Å². The maximum absolute atomic E-state index is 13.1. The van der Waals surface area contributed by atoms with Crippen LogP contribution in [0.25, 0.3) is 0 Å². The first-order valence-electron chi connectivity index (χ1n) is 13.9. The molecule has 2 aromatic carbocycles. The third kappa shape index (κ3) is 6.79. The molecule has 210 valence electrons. The molecule has 2 bridgehead atoms. The zero-order valence-corrected chi connectivity index (χ0v) is 23.9. The Bertz CT molecular complexity index is 1340. The number of anilines is 1. The molecule has 2 aromatic rings. The largest absolute Gasteiger partial charge is 0.487 e. The van der Waals surface area contributed by atoms with Crippen LogP contribution in [0.2, 0.25) is 5.02 Å². The molecule has 2 aliphatic heterocycles. The molecule has 5 rings (SSSR count). The summed E-state index contributed by atoms with van der Waals surface area (Å²) in [6.45, 7) is 3.67. The number of halogens is 1. The van der Waals surface area contributed by atoms with Gasteiger partial charge in [-0.2, -0.15) is 0 Å². The highest BCUT2D eigenvalue weighted by molar-refractivity contribution is 7.90. The van der Waals surface area contributed by atoms with Gasteiger partial charge in [-0.1, -0.05) is 36.7 Å². The molecule has 0 saturated heterocycles. The van der Waals surface area contributed by atoms with Crippen molar-refractivity contribution in [3.63, 3.8) is 0 Å². The predicted molar refractivity (Wildman–Crippen MR) is 154 cm³/mol. The summed E-state index contributed by atoms with van der Waals surface area (Å²) in [7, 11) is -3.83. The molecule has 0 spiro atoms. The number of benzene rings is 2. The molecule has 1 aliphatic carbocycles. The van der Waals surface area contributed by atoms with E-state index in [0.29, 0.717) is 29.7 Å². The van der Waals surface area contributed by atoms with Crippen LogP contribution in [0.3, 0.4) is 0 Å². The summed E-state index contributed by atoms with van der Waals surface area (Å²) in [6, 6.07) is 11.0. The Balaban J connectivity index is 1.52. The second-order valence-electron chi connectivity index (χ2n) is 11.3. The number of ether oxygens (including phenoxy) is 1. The molecular formula is C30H37ClN2O5S. The van der Waals surface area contributed by atoms with Crippen LogP contribution in [-0.2, 0) is 23.1 Å². The average Bonchev–Trinajstić information content (AvgIpc) is 2.88. The van der Waals surface area contributed by atoms with Gasteiger partial charge in [-0.15, -0.1) is 0 Å². The van der Waals surface area contributed by atoms with Crippen LogP contribution >= 0.6 is 11.6 Å². The Kier molecular flexibility index (Phi) is 8.55. The molecule has 1 saturated carbocycles. The SMILES string of the molecule is C[C@@H]1C/C=C\[C@@H](O)[C@@H]2CC[C@H]2CN2CCCCc3cc(Cl)ccc3COc3ccc(cc32)C(=O)NS(=O)(=O)C1. The van der Waals surface area contributed by atoms with E-state index in [-0.39, 0.29) is 23.2 Å². The third-order valence-electron chi connectivity index (χ3n) is 8.23. The molecule has 3 aliphatic rings. The Labute approximate surface area is 236 Å². The Morgan fingerprint density at radius 2 is 1.95 bits per heavy atom. The average molecular weight is 573 g/mol. The predicted octanol–water partition coefficient (Wildman–Crippen LogP) is 5.10. The minimum Gasteiger partial charge on any atom is -0.487 e. The fourth-order valence-electron chi connectivity index (χ4n) is 5.91. The van der Waals surface area contributed by atoms with Gasteiger partial charge in [-0.05, 0) is 97.7 Å². The number of nitrogens with one attached hydrogen (secondary N) is 1. The van der Waals surface area contributed by atoms with Gasteiger partial charge in [0, 0.05) is 23.7 Å². The summed E-state index contributed by atoms with van der Waals surface area (Å²) < 4.78 is 34.1. The van der Waals surface area contributed by atoms with Crippen molar-refractivity contribution in [2.24, 2.45) is 17.8 Å². The molecule has 4 atom stereocenters. The minimum absolute atomic E-state index is 0.147. The summed E-state index contributed by atoms with van der Waals surface area (Å²) in [5.74, 6) is 0.0879. The molecular weight excluding hydrogens is 536 g/mol. The number of sulfonamides is 1. The quantitative estimate of drug-likeness (QED) is 0.426. The second-order valence-corrected chi connectivity index (χ2v) is 13.5. The fraction of sp³-hybridized carbons (Fsp3) is 0.500. The van der Waals surface area contributed by atoms with Gasteiger partial charge in [0.1, 0.15) is 12.4 Å². The number of fused-ring (bicyclic) bond motifs is 3. The highest BCUT2D eigenvalue weighted by Gasteiger charge is 2.37. The number of allylic oxidation sites excluding steroid dienone is 1. The van der Waals surface area contributed by atoms with E-state index in [2.05, 4.69) is 9.62 Å². The summed E-state index contributed by atoms with van der Waals surface area (Å²) >= 11 is 6.28. The third-order valence-corrected chi connectivity index (χ3v) is 9.97. The van der Waals surface area contributed by atoms with Crippen LogP contribution in [0.4, 0.5) is 5.69 Å². The number of aliphatic hydroxyl groups excluding tert-OH is 1. The maximum atomic E-state index is 13.1. The van der Waals surface area contributed by atoms with E-state index in [1.807, 2.05) is 37.3 Å². The Hall–Kier alpha value is -2.55. The van der Waals surface area contributed by atoms with E-state index in [1.54, 1.807) is 18.2 Å². The summed E-state index contributed by atoms with van der Waals surface area (Å²) in [5, 5.41) is 11.6. The fourth-order valence-corrected chi connectivity index (χ4v) is 7.47. The lowest BCUT2D eigenvalue weighted by atomic mass is 9.70. The molecule has 0 unspecified atom stereocenters. The molecule has 2 N–H and O–H groups in total. The van der Waals surface area contributed by atoms with Crippen LogP contribution in [0, 0.1) is 17.8 Å². The number of carbonyl (C=O) groups excluding carboxylic acids is 1.